The first-order valence-corrected chi connectivity index (χ1v) is 12.0. The molecule has 0 spiro atoms. The molecule has 1 aliphatic rings. The third-order valence-electron chi connectivity index (χ3n) is 5.30. The van der Waals surface area contributed by atoms with Crippen LogP contribution in [0.15, 0.2) is 51.9 Å². The van der Waals surface area contributed by atoms with Crippen LogP contribution in [-0.2, 0) is 14.8 Å². The molecule has 1 aliphatic carbocycles. The Hall–Kier alpha value is -3.59. The Morgan fingerprint density at radius 2 is 1.85 bits per heavy atom. The minimum atomic E-state index is -3.80. The van der Waals surface area contributed by atoms with Crippen molar-refractivity contribution in [2.45, 2.75) is 31.6 Å². The fourth-order valence-corrected chi connectivity index (χ4v) is 4.32. The Bertz CT molecular complexity index is 1310. The van der Waals surface area contributed by atoms with Crippen molar-refractivity contribution in [2.75, 3.05) is 17.1 Å². The summed E-state index contributed by atoms with van der Waals surface area (Å²) in [6, 6.07) is 11.7. The zero-order valence-electron chi connectivity index (χ0n) is 18.6. The molecular weight excluding hydrogens is 442 g/mol. The van der Waals surface area contributed by atoms with Crippen LogP contribution in [0.25, 0.3) is 12.2 Å². The molecule has 0 atom stereocenters. The summed E-state index contributed by atoms with van der Waals surface area (Å²) >= 11 is 0. The van der Waals surface area contributed by atoms with Gasteiger partial charge in [-0.25, -0.2) is 8.42 Å². The van der Waals surface area contributed by atoms with Gasteiger partial charge in [0.2, 0.25) is 5.91 Å². The first-order valence-electron chi connectivity index (χ1n) is 10.5. The van der Waals surface area contributed by atoms with Gasteiger partial charge in [-0.2, -0.15) is 0 Å². The van der Waals surface area contributed by atoms with Crippen LogP contribution in [0.2, 0.25) is 0 Å². The molecular formula is C24H25N3O5S. The van der Waals surface area contributed by atoms with Crippen LogP contribution in [0.1, 0.15) is 35.4 Å². The summed E-state index contributed by atoms with van der Waals surface area (Å²) in [4.78, 5) is 12.2. The number of aryl methyl sites for hydroxylation is 2. The molecule has 1 amide bonds. The largest absolute Gasteiger partial charge is 0.495 e. The third kappa shape index (κ3) is 5.25. The summed E-state index contributed by atoms with van der Waals surface area (Å²) in [5.41, 5.74) is 3.20. The lowest BCUT2D eigenvalue weighted by atomic mass is 10.2. The topological polar surface area (TPSA) is 111 Å². The maximum Gasteiger partial charge on any atom is 0.262 e. The third-order valence-corrected chi connectivity index (χ3v) is 6.68. The molecule has 0 saturated heterocycles. The molecule has 9 heteroatoms. The standard InChI is InChI=1S/C24H25N3O5S/c1-15-4-12-21(31-3)20(14-15)27-33(29,30)19-10-5-17(6-11-19)7-13-22-23(16(2)26-32-22)25-24(28)18-8-9-18/h4-7,10-14,18,27H,8-9H2,1-3H3,(H,25,28). The Balaban J connectivity index is 1.49. The van der Waals surface area contributed by atoms with E-state index < -0.39 is 10.0 Å². The summed E-state index contributed by atoms with van der Waals surface area (Å²) in [7, 11) is -2.31. The number of benzene rings is 2. The summed E-state index contributed by atoms with van der Waals surface area (Å²) in [6.45, 7) is 3.64. The fraction of sp³-hybridized carbons (Fsp3) is 0.250. The average Bonchev–Trinajstić information content (AvgIpc) is 3.58. The molecule has 172 valence electrons. The van der Waals surface area contributed by atoms with Crippen LogP contribution in [0.5, 0.6) is 5.75 Å². The Morgan fingerprint density at radius 1 is 1.12 bits per heavy atom. The van der Waals surface area contributed by atoms with E-state index >= 15 is 0 Å². The number of carbonyl (C=O) groups excluding carboxylic acids is 1. The number of ether oxygens (including phenoxy) is 1. The molecule has 1 aromatic heterocycles. The summed E-state index contributed by atoms with van der Waals surface area (Å²) in [6.07, 6.45) is 5.27. The smallest absolute Gasteiger partial charge is 0.262 e. The highest BCUT2D eigenvalue weighted by atomic mass is 32.2. The molecule has 4 rings (SSSR count). The maximum atomic E-state index is 12.8. The number of anilines is 2. The molecule has 0 radical (unpaired) electrons. The van der Waals surface area contributed by atoms with Gasteiger partial charge >= 0.3 is 0 Å². The molecule has 1 saturated carbocycles. The van der Waals surface area contributed by atoms with Crippen LogP contribution in [0.3, 0.4) is 0 Å². The van der Waals surface area contributed by atoms with E-state index in [-0.39, 0.29) is 16.7 Å². The first kappa shape index (κ1) is 22.6. The fourth-order valence-electron chi connectivity index (χ4n) is 3.26. The number of nitrogens with one attached hydrogen (secondary N) is 2. The van der Waals surface area contributed by atoms with Crippen molar-refractivity contribution in [2.24, 2.45) is 5.92 Å². The molecule has 1 heterocycles. The van der Waals surface area contributed by atoms with Crippen LogP contribution in [0, 0.1) is 19.8 Å². The minimum Gasteiger partial charge on any atom is -0.495 e. The van der Waals surface area contributed by atoms with Gasteiger partial charge in [0.05, 0.1) is 17.7 Å². The molecule has 8 nitrogen and oxygen atoms in total. The van der Waals surface area contributed by atoms with Gasteiger partial charge in [0.1, 0.15) is 17.1 Å². The SMILES string of the molecule is COc1ccc(C)cc1NS(=O)(=O)c1ccc(C=Cc2onc(C)c2NC(=O)C2CC2)cc1. The number of nitrogens with zero attached hydrogens (tertiary/aromatic N) is 1. The van der Waals surface area contributed by atoms with Gasteiger partial charge in [-0.1, -0.05) is 29.4 Å². The highest BCUT2D eigenvalue weighted by molar-refractivity contribution is 7.92. The zero-order chi connectivity index (χ0) is 23.6. The molecule has 0 aliphatic heterocycles. The normalized spacial score (nSPS) is 13.8. The maximum absolute atomic E-state index is 12.8. The first-order chi connectivity index (χ1) is 15.8. The molecule has 3 aromatic rings. The second-order valence-electron chi connectivity index (χ2n) is 7.98. The van der Waals surface area contributed by atoms with Crippen molar-refractivity contribution >= 4 is 39.5 Å². The molecule has 0 unspecified atom stereocenters. The number of sulfonamides is 1. The van der Waals surface area contributed by atoms with Gasteiger partial charge in [-0.3, -0.25) is 9.52 Å². The van der Waals surface area contributed by atoms with Crippen molar-refractivity contribution in [3.63, 3.8) is 0 Å². The minimum absolute atomic E-state index is 0.0248. The molecule has 33 heavy (non-hydrogen) atoms. The van der Waals surface area contributed by atoms with E-state index in [9.17, 15) is 13.2 Å². The van der Waals surface area contributed by atoms with E-state index in [1.807, 2.05) is 13.0 Å². The number of amides is 1. The number of hydrogen-bond acceptors (Lipinski definition) is 6. The van der Waals surface area contributed by atoms with Crippen molar-refractivity contribution in [3.05, 3.63) is 65.0 Å². The number of methoxy groups -OCH3 is 1. The zero-order valence-corrected chi connectivity index (χ0v) is 19.4. The monoisotopic (exact) mass is 467 g/mol. The van der Waals surface area contributed by atoms with E-state index in [2.05, 4.69) is 15.2 Å². The second kappa shape index (κ2) is 9.11. The average molecular weight is 468 g/mol. The lowest BCUT2D eigenvalue weighted by molar-refractivity contribution is -0.117. The predicted molar refractivity (Wildman–Crippen MR) is 127 cm³/mol. The molecule has 0 bridgehead atoms. The van der Waals surface area contributed by atoms with E-state index in [1.54, 1.807) is 43.3 Å². The molecule has 1 fully saturated rings. The lowest BCUT2D eigenvalue weighted by Gasteiger charge is -2.12. The second-order valence-corrected chi connectivity index (χ2v) is 9.66. The van der Waals surface area contributed by atoms with Crippen molar-refractivity contribution in [1.82, 2.24) is 5.16 Å². The van der Waals surface area contributed by atoms with E-state index in [4.69, 9.17) is 9.26 Å². The van der Waals surface area contributed by atoms with Crippen LogP contribution >= 0.6 is 0 Å². The number of hydrogen-bond donors (Lipinski definition) is 2. The Kier molecular flexibility index (Phi) is 6.24. The number of rotatable bonds is 8. The van der Waals surface area contributed by atoms with E-state index in [0.717, 1.165) is 24.0 Å². The summed E-state index contributed by atoms with van der Waals surface area (Å²) in [5.74, 6) is 0.921. The van der Waals surface area contributed by atoms with Gasteiger partial charge in [-0.15, -0.1) is 0 Å². The van der Waals surface area contributed by atoms with Gasteiger partial charge in [0.15, 0.2) is 5.76 Å². The highest BCUT2D eigenvalue weighted by Gasteiger charge is 2.30. The van der Waals surface area contributed by atoms with Gasteiger partial charge in [0, 0.05) is 5.92 Å². The molecule has 2 aromatic carbocycles. The number of carbonyl (C=O) groups is 1. The van der Waals surface area contributed by atoms with Crippen molar-refractivity contribution in [1.29, 1.82) is 0 Å². The van der Waals surface area contributed by atoms with Gasteiger partial charge in [0.25, 0.3) is 10.0 Å². The van der Waals surface area contributed by atoms with Crippen LogP contribution < -0.4 is 14.8 Å². The van der Waals surface area contributed by atoms with Gasteiger partial charge < -0.3 is 14.6 Å². The Labute approximate surface area is 192 Å². The summed E-state index contributed by atoms with van der Waals surface area (Å²) in [5, 5.41) is 6.81. The summed E-state index contributed by atoms with van der Waals surface area (Å²) < 4.78 is 38.8. The van der Waals surface area contributed by atoms with Crippen molar-refractivity contribution in [3.8, 4) is 5.75 Å². The molecule has 2 N–H and O–H groups in total. The van der Waals surface area contributed by atoms with Gasteiger partial charge in [-0.05, 0) is 68.2 Å². The van der Waals surface area contributed by atoms with E-state index in [1.165, 1.54) is 19.2 Å². The van der Waals surface area contributed by atoms with Crippen LogP contribution in [0.4, 0.5) is 11.4 Å². The highest BCUT2D eigenvalue weighted by Crippen LogP contribution is 2.32. The van der Waals surface area contributed by atoms with Crippen LogP contribution in [-0.4, -0.2) is 26.6 Å². The quantitative estimate of drug-likeness (QED) is 0.500. The number of aromatic nitrogens is 1. The lowest BCUT2D eigenvalue weighted by Crippen LogP contribution is -2.14. The Morgan fingerprint density at radius 3 is 2.52 bits per heavy atom. The van der Waals surface area contributed by atoms with Crippen molar-refractivity contribution < 1.29 is 22.5 Å². The van der Waals surface area contributed by atoms with E-state index in [0.29, 0.717) is 28.6 Å². The predicted octanol–water partition coefficient (Wildman–Crippen LogP) is 4.62.